The van der Waals surface area contributed by atoms with Crippen LogP contribution in [0.1, 0.15) is 12.0 Å². The first-order valence-corrected chi connectivity index (χ1v) is 11.6. The van der Waals surface area contributed by atoms with Crippen molar-refractivity contribution in [3.63, 3.8) is 0 Å². The van der Waals surface area contributed by atoms with Gasteiger partial charge in [0.15, 0.2) is 0 Å². The van der Waals surface area contributed by atoms with Gasteiger partial charge in [-0.05, 0) is 42.3 Å². The van der Waals surface area contributed by atoms with Gasteiger partial charge in [-0.15, -0.1) is 12.4 Å². The lowest BCUT2D eigenvalue weighted by molar-refractivity contribution is 0.0376. The summed E-state index contributed by atoms with van der Waals surface area (Å²) < 4.78 is 6.74. The molecule has 10 heteroatoms. The van der Waals surface area contributed by atoms with E-state index in [9.17, 15) is 14.7 Å². The van der Waals surface area contributed by atoms with Crippen LogP contribution in [0.5, 0.6) is 0 Å². The SMILES string of the molecule is Cl.O=C(O)N(CCCN1CCOCC1)c1cccc(Cn2nc(-c3cccc(Cl)c3)ccc2=O)c1. The summed E-state index contributed by atoms with van der Waals surface area (Å²) in [4.78, 5) is 28.0. The summed E-state index contributed by atoms with van der Waals surface area (Å²) in [6.07, 6.45) is -0.281. The monoisotopic (exact) mass is 518 g/mol. The number of anilines is 1. The third-order valence-electron chi connectivity index (χ3n) is 5.73. The Morgan fingerprint density at radius 3 is 2.60 bits per heavy atom. The summed E-state index contributed by atoms with van der Waals surface area (Å²) in [5.74, 6) is 0. The van der Waals surface area contributed by atoms with Crippen LogP contribution in [0, 0.1) is 0 Å². The van der Waals surface area contributed by atoms with E-state index < -0.39 is 6.09 Å². The number of hydrogen-bond donors (Lipinski definition) is 1. The van der Waals surface area contributed by atoms with E-state index in [1.54, 1.807) is 36.4 Å². The van der Waals surface area contributed by atoms with Crippen LogP contribution in [0.25, 0.3) is 11.3 Å². The Morgan fingerprint density at radius 2 is 1.86 bits per heavy atom. The van der Waals surface area contributed by atoms with E-state index in [4.69, 9.17) is 16.3 Å². The van der Waals surface area contributed by atoms with Crippen molar-refractivity contribution >= 4 is 35.8 Å². The Labute approximate surface area is 215 Å². The van der Waals surface area contributed by atoms with Crippen LogP contribution in [0.4, 0.5) is 10.5 Å². The first-order valence-electron chi connectivity index (χ1n) is 11.2. The molecule has 0 saturated carbocycles. The maximum Gasteiger partial charge on any atom is 0.411 e. The average Bonchev–Trinajstić information content (AvgIpc) is 2.84. The Kier molecular flexibility index (Phi) is 9.68. The van der Waals surface area contributed by atoms with Gasteiger partial charge in [-0.1, -0.05) is 35.9 Å². The lowest BCUT2D eigenvalue weighted by Gasteiger charge is -2.27. The Bertz CT molecular complexity index is 1200. The van der Waals surface area contributed by atoms with Crippen LogP contribution in [0.3, 0.4) is 0 Å². The number of rotatable bonds is 8. The maximum absolute atomic E-state index is 12.4. The van der Waals surface area contributed by atoms with Gasteiger partial charge in [0, 0.05) is 48.5 Å². The average molecular weight is 519 g/mol. The van der Waals surface area contributed by atoms with Crippen molar-refractivity contribution in [1.82, 2.24) is 14.7 Å². The predicted octanol–water partition coefficient (Wildman–Crippen LogP) is 4.24. The van der Waals surface area contributed by atoms with Crippen LogP contribution in [0.15, 0.2) is 65.5 Å². The molecule has 0 aliphatic carbocycles. The summed E-state index contributed by atoms with van der Waals surface area (Å²) in [6.45, 7) is 4.62. The Morgan fingerprint density at radius 1 is 1.09 bits per heavy atom. The van der Waals surface area contributed by atoms with Crippen molar-refractivity contribution in [2.75, 3.05) is 44.3 Å². The van der Waals surface area contributed by atoms with E-state index >= 15 is 0 Å². The molecule has 186 valence electrons. The molecule has 2 aromatic carbocycles. The van der Waals surface area contributed by atoms with Gasteiger partial charge in [-0.2, -0.15) is 5.10 Å². The second-order valence-electron chi connectivity index (χ2n) is 8.14. The molecule has 3 aromatic rings. The zero-order chi connectivity index (χ0) is 23.9. The molecule has 1 aliphatic rings. The molecule has 35 heavy (non-hydrogen) atoms. The summed E-state index contributed by atoms with van der Waals surface area (Å²) in [7, 11) is 0. The third-order valence-corrected chi connectivity index (χ3v) is 5.97. The molecule has 1 saturated heterocycles. The van der Waals surface area contributed by atoms with Crippen molar-refractivity contribution in [2.45, 2.75) is 13.0 Å². The van der Waals surface area contributed by atoms with Crippen LogP contribution in [-0.4, -0.2) is 65.3 Å². The summed E-state index contributed by atoms with van der Waals surface area (Å²) in [5.41, 5.74) is 2.57. The Hall–Kier alpha value is -2.91. The van der Waals surface area contributed by atoms with E-state index in [-0.39, 0.29) is 24.5 Å². The highest BCUT2D eigenvalue weighted by Gasteiger charge is 2.16. The topological polar surface area (TPSA) is 87.9 Å². The van der Waals surface area contributed by atoms with E-state index in [0.29, 0.717) is 22.9 Å². The summed E-state index contributed by atoms with van der Waals surface area (Å²) in [5, 5.41) is 14.9. The van der Waals surface area contributed by atoms with E-state index in [2.05, 4.69) is 10.00 Å². The number of aromatic nitrogens is 2. The zero-order valence-corrected chi connectivity index (χ0v) is 20.7. The number of halogens is 2. The highest BCUT2D eigenvalue weighted by molar-refractivity contribution is 6.30. The number of benzene rings is 2. The molecule has 0 unspecified atom stereocenters. The highest BCUT2D eigenvalue weighted by Crippen LogP contribution is 2.21. The first kappa shape index (κ1) is 26.7. The molecule has 1 fully saturated rings. The molecule has 4 rings (SSSR count). The number of nitrogens with zero attached hydrogens (tertiary/aromatic N) is 4. The van der Waals surface area contributed by atoms with Gasteiger partial charge in [-0.25, -0.2) is 9.48 Å². The zero-order valence-electron chi connectivity index (χ0n) is 19.2. The fourth-order valence-corrected chi connectivity index (χ4v) is 4.16. The molecule has 1 aromatic heterocycles. The minimum absolute atomic E-state index is 0. The first-order chi connectivity index (χ1) is 16.5. The van der Waals surface area contributed by atoms with E-state index in [1.165, 1.54) is 15.6 Å². The van der Waals surface area contributed by atoms with Crippen LogP contribution < -0.4 is 10.5 Å². The molecule has 0 radical (unpaired) electrons. The predicted molar refractivity (Wildman–Crippen MR) is 139 cm³/mol. The standard InChI is InChI=1S/C25H27ClN4O4.ClH/c26-21-6-2-5-20(17-21)23-8-9-24(31)30(27-23)18-19-4-1-7-22(16-19)29(25(32)33)11-3-10-28-12-14-34-15-13-28;/h1-2,4-9,16-17H,3,10-15,18H2,(H,32,33);1H. The molecule has 0 atom stereocenters. The van der Waals surface area contributed by atoms with Crippen molar-refractivity contribution in [3.8, 4) is 11.3 Å². The number of hydrogen-bond acceptors (Lipinski definition) is 5. The highest BCUT2D eigenvalue weighted by atomic mass is 35.5. The van der Waals surface area contributed by atoms with Gasteiger partial charge in [0.05, 0.1) is 25.5 Å². The van der Waals surface area contributed by atoms with Crippen LogP contribution in [0.2, 0.25) is 5.02 Å². The molecule has 2 heterocycles. The Balaban J connectivity index is 0.00000342. The van der Waals surface area contributed by atoms with Gasteiger partial charge in [0.1, 0.15) is 0 Å². The van der Waals surface area contributed by atoms with Gasteiger partial charge >= 0.3 is 6.09 Å². The minimum Gasteiger partial charge on any atom is -0.465 e. The van der Waals surface area contributed by atoms with Crippen molar-refractivity contribution in [1.29, 1.82) is 0 Å². The van der Waals surface area contributed by atoms with Gasteiger partial charge < -0.3 is 9.84 Å². The molecule has 1 N–H and O–H groups in total. The molecule has 1 amide bonds. The number of morpholine rings is 1. The molecule has 0 spiro atoms. The van der Waals surface area contributed by atoms with Crippen molar-refractivity contribution < 1.29 is 14.6 Å². The number of carbonyl (C=O) groups is 1. The fraction of sp³-hybridized carbons (Fsp3) is 0.320. The number of amides is 1. The normalized spacial score (nSPS) is 13.7. The second kappa shape index (κ2) is 12.7. The van der Waals surface area contributed by atoms with Crippen LogP contribution >= 0.6 is 24.0 Å². The van der Waals surface area contributed by atoms with Crippen LogP contribution in [-0.2, 0) is 11.3 Å². The van der Waals surface area contributed by atoms with E-state index in [1.807, 2.05) is 18.2 Å². The number of ether oxygens (including phenoxy) is 1. The smallest absolute Gasteiger partial charge is 0.411 e. The molecular weight excluding hydrogens is 491 g/mol. The number of carboxylic acid groups (broad SMARTS) is 1. The third kappa shape index (κ3) is 7.29. The lowest BCUT2D eigenvalue weighted by atomic mass is 10.1. The largest absolute Gasteiger partial charge is 0.465 e. The minimum atomic E-state index is -1.00. The maximum atomic E-state index is 12.4. The van der Waals surface area contributed by atoms with Crippen molar-refractivity contribution in [3.05, 3.63) is 81.6 Å². The van der Waals surface area contributed by atoms with Gasteiger partial charge in [0.25, 0.3) is 5.56 Å². The fourth-order valence-electron chi connectivity index (χ4n) is 3.97. The summed E-state index contributed by atoms with van der Waals surface area (Å²) >= 11 is 6.09. The molecule has 0 bridgehead atoms. The van der Waals surface area contributed by atoms with Gasteiger partial charge in [0.2, 0.25) is 0 Å². The molecule has 1 aliphatic heterocycles. The lowest BCUT2D eigenvalue weighted by Crippen LogP contribution is -2.39. The van der Waals surface area contributed by atoms with Gasteiger partial charge in [-0.3, -0.25) is 14.6 Å². The second-order valence-corrected chi connectivity index (χ2v) is 8.57. The molecule has 8 nitrogen and oxygen atoms in total. The molecular formula is C25H28Cl2N4O4. The van der Waals surface area contributed by atoms with E-state index in [0.717, 1.165) is 50.4 Å². The van der Waals surface area contributed by atoms with Crippen molar-refractivity contribution in [2.24, 2.45) is 0 Å². The summed E-state index contributed by atoms with van der Waals surface area (Å²) in [6, 6.07) is 17.6. The quantitative estimate of drug-likeness (QED) is 0.479.